The van der Waals surface area contributed by atoms with Crippen LogP contribution in [-0.4, -0.2) is 19.1 Å². The topological polar surface area (TPSA) is 64.4 Å². The van der Waals surface area contributed by atoms with Crippen LogP contribution in [0.2, 0.25) is 0 Å². The maximum atomic E-state index is 12.2. The minimum absolute atomic E-state index is 0.0269. The molecule has 0 atom stereocenters. The summed E-state index contributed by atoms with van der Waals surface area (Å²) in [5, 5.41) is 2.74. The van der Waals surface area contributed by atoms with Gasteiger partial charge in [0.15, 0.2) is 0 Å². The number of amides is 1. The Morgan fingerprint density at radius 3 is 2.68 bits per heavy atom. The molecule has 4 nitrogen and oxygen atoms in total. The molecule has 0 aromatic heterocycles. The van der Waals surface area contributed by atoms with Gasteiger partial charge in [0.2, 0.25) is 5.91 Å². The van der Waals surface area contributed by atoms with Crippen LogP contribution in [0.1, 0.15) is 38.5 Å². The summed E-state index contributed by atoms with van der Waals surface area (Å²) in [5.74, 6) is -0.111. The van der Waals surface area contributed by atoms with Crippen LogP contribution in [0.15, 0.2) is 24.3 Å². The van der Waals surface area contributed by atoms with Gasteiger partial charge in [-0.25, -0.2) is 0 Å². The Morgan fingerprint density at radius 1 is 1.32 bits per heavy atom. The first-order chi connectivity index (χ1) is 10.5. The number of alkyl halides is 2. The van der Waals surface area contributed by atoms with Gasteiger partial charge < -0.3 is 15.8 Å². The highest BCUT2D eigenvalue weighted by Gasteiger charge is 2.32. The monoisotopic (exact) mass is 312 g/mol. The van der Waals surface area contributed by atoms with E-state index in [1.807, 2.05) is 0 Å². The van der Waals surface area contributed by atoms with Gasteiger partial charge in [0.25, 0.3) is 0 Å². The zero-order chi connectivity index (χ0) is 16.0. The summed E-state index contributed by atoms with van der Waals surface area (Å²) in [5.41, 5.74) is 6.20. The third-order valence-electron chi connectivity index (χ3n) is 4.23. The molecule has 1 aromatic carbocycles. The Kier molecular flexibility index (Phi) is 5.71. The number of ether oxygens (including phenoxy) is 1. The number of carbonyl (C=O) groups is 1. The van der Waals surface area contributed by atoms with Crippen molar-refractivity contribution >= 4 is 11.6 Å². The van der Waals surface area contributed by atoms with Crippen LogP contribution in [0, 0.1) is 5.41 Å². The van der Waals surface area contributed by atoms with Crippen LogP contribution in [0.5, 0.6) is 5.75 Å². The lowest BCUT2D eigenvalue weighted by molar-refractivity contribution is -0.118. The average molecular weight is 312 g/mol. The third kappa shape index (κ3) is 4.66. The van der Waals surface area contributed by atoms with Crippen LogP contribution >= 0.6 is 0 Å². The first kappa shape index (κ1) is 16.7. The van der Waals surface area contributed by atoms with Gasteiger partial charge in [-0.2, -0.15) is 8.78 Å². The van der Waals surface area contributed by atoms with E-state index in [1.54, 1.807) is 12.1 Å². The second-order valence-corrected chi connectivity index (χ2v) is 5.90. The Balaban J connectivity index is 1.96. The fourth-order valence-corrected chi connectivity index (χ4v) is 3.05. The largest absolute Gasteiger partial charge is 0.435 e. The van der Waals surface area contributed by atoms with E-state index in [0.717, 1.165) is 25.7 Å². The molecule has 2 rings (SSSR count). The molecule has 1 aliphatic rings. The lowest BCUT2D eigenvalue weighted by Crippen LogP contribution is -2.36. The minimum atomic E-state index is -2.88. The minimum Gasteiger partial charge on any atom is -0.435 e. The molecule has 122 valence electrons. The second-order valence-electron chi connectivity index (χ2n) is 5.90. The number of benzene rings is 1. The lowest BCUT2D eigenvalue weighted by atomic mass is 9.71. The van der Waals surface area contributed by atoms with E-state index >= 15 is 0 Å². The first-order valence-corrected chi connectivity index (χ1v) is 7.58. The van der Waals surface area contributed by atoms with Gasteiger partial charge >= 0.3 is 6.61 Å². The molecule has 1 amide bonds. The standard InChI is InChI=1S/C16H22F2N2O2/c17-15(18)22-13-6-4-5-12(9-13)20-14(21)10-16(11-19)7-2-1-3-8-16/h4-6,9,15H,1-3,7-8,10-11,19H2,(H,20,21). The van der Waals surface area contributed by atoms with E-state index in [2.05, 4.69) is 10.1 Å². The highest BCUT2D eigenvalue weighted by atomic mass is 19.3. The van der Waals surface area contributed by atoms with Gasteiger partial charge in [0, 0.05) is 18.2 Å². The average Bonchev–Trinajstić information content (AvgIpc) is 2.47. The molecule has 1 saturated carbocycles. The van der Waals surface area contributed by atoms with E-state index in [1.165, 1.54) is 18.6 Å². The summed E-state index contributed by atoms with van der Waals surface area (Å²) in [7, 11) is 0. The van der Waals surface area contributed by atoms with Gasteiger partial charge in [-0.3, -0.25) is 4.79 Å². The van der Waals surface area contributed by atoms with E-state index in [9.17, 15) is 13.6 Å². The quantitative estimate of drug-likeness (QED) is 0.844. The molecular formula is C16H22F2N2O2. The fourth-order valence-electron chi connectivity index (χ4n) is 3.05. The number of hydrogen-bond acceptors (Lipinski definition) is 3. The van der Waals surface area contributed by atoms with Gasteiger partial charge in [0.05, 0.1) is 0 Å². The molecule has 0 aliphatic heterocycles. The number of nitrogens with two attached hydrogens (primary N) is 1. The SMILES string of the molecule is NCC1(CC(=O)Nc2cccc(OC(F)F)c2)CCCCC1. The number of carbonyl (C=O) groups excluding carboxylic acids is 1. The fraction of sp³-hybridized carbons (Fsp3) is 0.562. The van der Waals surface area contributed by atoms with Gasteiger partial charge in [-0.05, 0) is 36.9 Å². The molecule has 0 heterocycles. The molecule has 1 aromatic rings. The van der Waals surface area contributed by atoms with Gasteiger partial charge in [0.1, 0.15) is 5.75 Å². The molecule has 0 unspecified atom stereocenters. The smallest absolute Gasteiger partial charge is 0.387 e. The summed E-state index contributed by atoms with van der Waals surface area (Å²) in [6, 6.07) is 6.02. The zero-order valence-corrected chi connectivity index (χ0v) is 12.5. The van der Waals surface area contributed by atoms with Crippen LogP contribution in [0.3, 0.4) is 0 Å². The Morgan fingerprint density at radius 2 is 2.05 bits per heavy atom. The summed E-state index contributed by atoms with van der Waals surface area (Å²) in [4.78, 5) is 12.2. The Labute approximate surface area is 129 Å². The Bertz CT molecular complexity index is 503. The van der Waals surface area contributed by atoms with Crippen molar-refractivity contribution in [1.82, 2.24) is 0 Å². The third-order valence-corrected chi connectivity index (χ3v) is 4.23. The number of rotatable bonds is 6. The van der Waals surface area contributed by atoms with E-state index in [4.69, 9.17) is 5.73 Å². The molecule has 0 saturated heterocycles. The normalized spacial score (nSPS) is 17.3. The van der Waals surface area contributed by atoms with Crippen molar-refractivity contribution in [2.45, 2.75) is 45.1 Å². The number of anilines is 1. The molecule has 6 heteroatoms. The molecule has 1 fully saturated rings. The lowest BCUT2D eigenvalue weighted by Gasteiger charge is -2.35. The van der Waals surface area contributed by atoms with Crippen molar-refractivity contribution in [2.75, 3.05) is 11.9 Å². The molecular weight excluding hydrogens is 290 g/mol. The highest BCUT2D eigenvalue weighted by molar-refractivity contribution is 5.91. The van der Waals surface area contributed by atoms with E-state index < -0.39 is 6.61 Å². The summed E-state index contributed by atoms with van der Waals surface area (Å²) >= 11 is 0. The molecule has 0 spiro atoms. The van der Waals surface area contributed by atoms with Crippen LogP contribution < -0.4 is 15.8 Å². The van der Waals surface area contributed by atoms with Crippen LogP contribution in [0.4, 0.5) is 14.5 Å². The molecule has 1 aliphatic carbocycles. The number of hydrogen-bond donors (Lipinski definition) is 2. The van der Waals surface area contributed by atoms with Crippen molar-refractivity contribution in [3.05, 3.63) is 24.3 Å². The predicted octanol–water partition coefficient (Wildman–Crippen LogP) is 3.53. The van der Waals surface area contributed by atoms with E-state index in [-0.39, 0.29) is 17.1 Å². The maximum absolute atomic E-state index is 12.2. The second kappa shape index (κ2) is 7.54. The van der Waals surface area contributed by atoms with Crippen molar-refractivity contribution in [3.63, 3.8) is 0 Å². The number of nitrogens with one attached hydrogen (secondary N) is 1. The molecule has 0 radical (unpaired) electrons. The van der Waals surface area contributed by atoms with Crippen molar-refractivity contribution in [1.29, 1.82) is 0 Å². The summed E-state index contributed by atoms with van der Waals surface area (Å²) in [6.45, 7) is -2.39. The van der Waals surface area contributed by atoms with Crippen molar-refractivity contribution < 1.29 is 18.3 Å². The van der Waals surface area contributed by atoms with Crippen LogP contribution in [-0.2, 0) is 4.79 Å². The number of halogens is 2. The zero-order valence-electron chi connectivity index (χ0n) is 12.5. The first-order valence-electron chi connectivity index (χ1n) is 7.58. The molecule has 3 N–H and O–H groups in total. The highest BCUT2D eigenvalue weighted by Crippen LogP contribution is 2.38. The maximum Gasteiger partial charge on any atom is 0.387 e. The molecule has 0 bridgehead atoms. The summed E-state index contributed by atoms with van der Waals surface area (Å²) < 4.78 is 28.7. The molecule has 22 heavy (non-hydrogen) atoms. The van der Waals surface area contributed by atoms with Gasteiger partial charge in [-0.15, -0.1) is 0 Å². The van der Waals surface area contributed by atoms with Crippen molar-refractivity contribution in [2.24, 2.45) is 11.1 Å². The summed E-state index contributed by atoms with van der Waals surface area (Å²) in [6.07, 6.45) is 5.68. The van der Waals surface area contributed by atoms with E-state index in [0.29, 0.717) is 18.7 Å². The predicted molar refractivity (Wildman–Crippen MR) is 80.9 cm³/mol. The van der Waals surface area contributed by atoms with Gasteiger partial charge in [-0.1, -0.05) is 25.3 Å². The van der Waals surface area contributed by atoms with Crippen LogP contribution in [0.25, 0.3) is 0 Å². The Hall–Kier alpha value is -1.69. The van der Waals surface area contributed by atoms with Crippen molar-refractivity contribution in [3.8, 4) is 5.75 Å².